The number of hydrogen-bond acceptors (Lipinski definition) is 5. The molecule has 2 rings (SSSR count). The highest BCUT2D eigenvalue weighted by molar-refractivity contribution is 5.94. The van der Waals surface area contributed by atoms with E-state index in [0.717, 1.165) is 0 Å². The van der Waals surface area contributed by atoms with Crippen LogP contribution in [0.4, 0.5) is 0 Å². The summed E-state index contributed by atoms with van der Waals surface area (Å²) in [5, 5.41) is 0. The molecule has 0 aromatic carbocycles. The highest BCUT2D eigenvalue weighted by atomic mass is 16.5. The molecule has 1 saturated heterocycles. The number of nitrogens with zero attached hydrogens (tertiary/aromatic N) is 2. The standard InChI is InChI=1S/C13H16N2O5/c1-19-12(17)9-11(16)14-4-6-15(7-5-14)13(18)10-3-2-8-20-10/h2-3,8H,4-7,9H2,1H3. The van der Waals surface area contributed by atoms with E-state index in [1.807, 2.05) is 0 Å². The first kappa shape index (κ1) is 14.1. The molecule has 20 heavy (non-hydrogen) atoms. The average Bonchev–Trinajstić information content (AvgIpc) is 3.00. The third kappa shape index (κ3) is 3.17. The smallest absolute Gasteiger partial charge is 0.315 e. The van der Waals surface area contributed by atoms with Crippen LogP contribution in [0.3, 0.4) is 0 Å². The number of esters is 1. The number of carbonyl (C=O) groups excluding carboxylic acids is 3. The summed E-state index contributed by atoms with van der Waals surface area (Å²) in [4.78, 5) is 38.0. The molecule has 7 nitrogen and oxygen atoms in total. The Morgan fingerprint density at radius 1 is 1.20 bits per heavy atom. The van der Waals surface area contributed by atoms with Crippen molar-refractivity contribution in [3.63, 3.8) is 0 Å². The first-order chi connectivity index (χ1) is 9.61. The van der Waals surface area contributed by atoms with Gasteiger partial charge in [-0.15, -0.1) is 0 Å². The van der Waals surface area contributed by atoms with Crippen molar-refractivity contribution in [1.82, 2.24) is 9.80 Å². The minimum absolute atomic E-state index is 0.185. The Labute approximate surface area is 116 Å². The molecule has 1 aliphatic heterocycles. The molecule has 0 N–H and O–H groups in total. The number of rotatable bonds is 3. The van der Waals surface area contributed by atoms with Crippen molar-refractivity contribution in [3.8, 4) is 0 Å². The molecule has 1 aliphatic rings. The summed E-state index contributed by atoms with van der Waals surface area (Å²) < 4.78 is 9.51. The lowest BCUT2D eigenvalue weighted by atomic mass is 10.2. The Hall–Kier alpha value is -2.31. The van der Waals surface area contributed by atoms with E-state index in [4.69, 9.17) is 4.42 Å². The zero-order valence-electron chi connectivity index (χ0n) is 11.2. The van der Waals surface area contributed by atoms with Crippen molar-refractivity contribution < 1.29 is 23.5 Å². The second-order valence-electron chi connectivity index (χ2n) is 4.40. The summed E-state index contributed by atoms with van der Waals surface area (Å²) in [6.07, 6.45) is 1.19. The van der Waals surface area contributed by atoms with Crippen LogP contribution in [0, 0.1) is 0 Å². The zero-order chi connectivity index (χ0) is 14.5. The summed E-state index contributed by atoms with van der Waals surface area (Å²) in [6, 6.07) is 3.26. The van der Waals surface area contributed by atoms with Crippen LogP contribution >= 0.6 is 0 Å². The van der Waals surface area contributed by atoms with E-state index in [2.05, 4.69) is 4.74 Å². The minimum atomic E-state index is -0.552. The van der Waals surface area contributed by atoms with Gasteiger partial charge in [-0.05, 0) is 12.1 Å². The average molecular weight is 280 g/mol. The maximum atomic E-state index is 12.0. The fraction of sp³-hybridized carbons (Fsp3) is 0.462. The molecule has 2 amide bonds. The number of methoxy groups -OCH3 is 1. The fourth-order valence-electron chi connectivity index (χ4n) is 2.02. The van der Waals surface area contributed by atoms with Gasteiger partial charge in [-0.2, -0.15) is 0 Å². The Morgan fingerprint density at radius 3 is 2.40 bits per heavy atom. The van der Waals surface area contributed by atoms with Crippen LogP contribution in [0.1, 0.15) is 17.0 Å². The SMILES string of the molecule is COC(=O)CC(=O)N1CCN(C(=O)c2ccco2)CC1. The van der Waals surface area contributed by atoms with Gasteiger partial charge in [0.15, 0.2) is 5.76 Å². The summed E-state index contributed by atoms with van der Waals surface area (Å²) in [5.74, 6) is -0.722. The zero-order valence-corrected chi connectivity index (χ0v) is 11.2. The normalized spacial score (nSPS) is 15.1. The number of furan rings is 1. The molecule has 0 aliphatic carbocycles. The van der Waals surface area contributed by atoms with E-state index < -0.39 is 5.97 Å². The van der Waals surface area contributed by atoms with Gasteiger partial charge in [-0.3, -0.25) is 14.4 Å². The monoisotopic (exact) mass is 280 g/mol. The molecule has 0 unspecified atom stereocenters. The fourth-order valence-corrected chi connectivity index (χ4v) is 2.02. The molecule has 0 atom stereocenters. The van der Waals surface area contributed by atoms with Crippen molar-refractivity contribution in [3.05, 3.63) is 24.2 Å². The molecule has 0 bridgehead atoms. The molecule has 7 heteroatoms. The molecule has 0 spiro atoms. The lowest BCUT2D eigenvalue weighted by molar-refractivity contribution is -0.147. The predicted octanol–water partition coefficient (Wildman–Crippen LogP) is 0.127. The summed E-state index contributed by atoms with van der Waals surface area (Å²) in [5.41, 5.74) is 0. The first-order valence-electron chi connectivity index (χ1n) is 6.29. The van der Waals surface area contributed by atoms with E-state index >= 15 is 0 Å². The Kier molecular flexibility index (Phi) is 4.39. The van der Waals surface area contributed by atoms with Crippen LogP contribution in [-0.4, -0.2) is 60.9 Å². The van der Waals surface area contributed by atoms with E-state index in [-0.39, 0.29) is 18.2 Å². The Bertz CT molecular complexity index is 489. The van der Waals surface area contributed by atoms with Gasteiger partial charge in [0.1, 0.15) is 6.42 Å². The number of piperazine rings is 1. The van der Waals surface area contributed by atoms with Crippen LogP contribution < -0.4 is 0 Å². The van der Waals surface area contributed by atoms with Crippen molar-refractivity contribution in [2.75, 3.05) is 33.3 Å². The maximum Gasteiger partial charge on any atom is 0.315 e. The third-order valence-electron chi connectivity index (χ3n) is 3.17. The van der Waals surface area contributed by atoms with Gasteiger partial charge in [0.05, 0.1) is 13.4 Å². The molecule has 1 aromatic heterocycles. The second kappa shape index (κ2) is 6.23. The Morgan fingerprint density at radius 2 is 1.85 bits per heavy atom. The van der Waals surface area contributed by atoms with E-state index in [1.54, 1.807) is 21.9 Å². The van der Waals surface area contributed by atoms with Crippen LogP contribution in [0.5, 0.6) is 0 Å². The minimum Gasteiger partial charge on any atom is -0.469 e. The molecule has 0 radical (unpaired) electrons. The second-order valence-corrected chi connectivity index (χ2v) is 4.40. The third-order valence-corrected chi connectivity index (χ3v) is 3.17. The quantitative estimate of drug-likeness (QED) is 0.580. The molecule has 1 aromatic rings. The van der Waals surface area contributed by atoms with Crippen molar-refractivity contribution in [1.29, 1.82) is 0 Å². The predicted molar refractivity (Wildman–Crippen MR) is 67.8 cm³/mol. The van der Waals surface area contributed by atoms with Crippen LogP contribution in [-0.2, 0) is 14.3 Å². The Balaban J connectivity index is 1.85. The molecular weight excluding hydrogens is 264 g/mol. The number of hydrogen-bond donors (Lipinski definition) is 0. The maximum absolute atomic E-state index is 12.0. The lowest BCUT2D eigenvalue weighted by Crippen LogP contribution is -2.50. The van der Waals surface area contributed by atoms with Gasteiger partial charge in [0.25, 0.3) is 5.91 Å². The van der Waals surface area contributed by atoms with Crippen molar-refractivity contribution in [2.45, 2.75) is 6.42 Å². The van der Waals surface area contributed by atoms with Gasteiger partial charge in [0.2, 0.25) is 5.91 Å². The van der Waals surface area contributed by atoms with Crippen molar-refractivity contribution in [2.24, 2.45) is 0 Å². The van der Waals surface area contributed by atoms with Gasteiger partial charge in [0, 0.05) is 26.2 Å². The number of carbonyl (C=O) groups is 3. The number of amides is 2. The molecule has 0 saturated carbocycles. The molecular formula is C13H16N2O5. The molecule has 108 valence electrons. The van der Waals surface area contributed by atoms with E-state index in [1.165, 1.54) is 13.4 Å². The van der Waals surface area contributed by atoms with Crippen LogP contribution in [0.2, 0.25) is 0 Å². The highest BCUT2D eigenvalue weighted by Crippen LogP contribution is 2.10. The molecule has 2 heterocycles. The summed E-state index contributed by atoms with van der Waals surface area (Å²) in [6.45, 7) is 1.66. The highest BCUT2D eigenvalue weighted by Gasteiger charge is 2.26. The van der Waals surface area contributed by atoms with Crippen LogP contribution in [0.25, 0.3) is 0 Å². The topological polar surface area (TPSA) is 80.1 Å². The van der Waals surface area contributed by atoms with Gasteiger partial charge in [-0.1, -0.05) is 0 Å². The van der Waals surface area contributed by atoms with Gasteiger partial charge in [-0.25, -0.2) is 0 Å². The van der Waals surface area contributed by atoms with Crippen molar-refractivity contribution >= 4 is 17.8 Å². The summed E-state index contributed by atoms with van der Waals surface area (Å²) in [7, 11) is 1.25. The number of ether oxygens (including phenoxy) is 1. The van der Waals surface area contributed by atoms with Gasteiger partial charge < -0.3 is 19.0 Å². The lowest BCUT2D eigenvalue weighted by Gasteiger charge is -2.34. The van der Waals surface area contributed by atoms with E-state index in [9.17, 15) is 14.4 Å². The first-order valence-corrected chi connectivity index (χ1v) is 6.29. The summed E-state index contributed by atoms with van der Waals surface area (Å²) >= 11 is 0. The van der Waals surface area contributed by atoms with E-state index in [0.29, 0.717) is 31.9 Å². The molecule has 1 fully saturated rings. The van der Waals surface area contributed by atoms with Crippen LogP contribution in [0.15, 0.2) is 22.8 Å². The largest absolute Gasteiger partial charge is 0.469 e. The van der Waals surface area contributed by atoms with Gasteiger partial charge >= 0.3 is 5.97 Å².